The fourth-order valence-corrected chi connectivity index (χ4v) is 2.52. The Labute approximate surface area is 112 Å². The molecule has 1 spiro atoms. The number of para-hydroxylation sites is 1. The summed E-state index contributed by atoms with van der Waals surface area (Å²) in [5.74, 6) is 0.000993. The van der Waals surface area contributed by atoms with Crippen molar-refractivity contribution in [3.8, 4) is 0 Å². The number of hydrogen-bond donors (Lipinski definition) is 1. The number of hydrogen-bond acceptors (Lipinski definition) is 4. The third kappa shape index (κ3) is 2.63. The summed E-state index contributed by atoms with van der Waals surface area (Å²) < 4.78 is 11.4. The van der Waals surface area contributed by atoms with Gasteiger partial charge in [0.05, 0.1) is 19.8 Å². The lowest BCUT2D eigenvalue weighted by Crippen LogP contribution is -2.60. The number of ether oxygens (including phenoxy) is 2. The monoisotopic (exact) mass is 262 g/mol. The van der Waals surface area contributed by atoms with Crippen LogP contribution in [0.5, 0.6) is 0 Å². The molecule has 0 radical (unpaired) electrons. The number of rotatable bonds is 1. The Balaban J connectivity index is 1.82. The molecule has 2 fully saturated rings. The predicted octanol–water partition coefficient (Wildman–Crippen LogP) is 0.408. The number of carbonyl (C=O) groups is 1. The number of anilines is 1. The van der Waals surface area contributed by atoms with Gasteiger partial charge in [-0.15, -0.1) is 0 Å². The molecule has 0 aromatic heterocycles. The first-order valence-electron chi connectivity index (χ1n) is 6.57. The minimum absolute atomic E-state index is 0.000993. The normalized spacial score (nSPS) is 28.4. The van der Waals surface area contributed by atoms with Crippen molar-refractivity contribution in [1.82, 2.24) is 5.32 Å². The average Bonchev–Trinajstić information content (AvgIpc) is 2.69. The van der Waals surface area contributed by atoms with Gasteiger partial charge in [0.2, 0.25) is 0 Å². The molecule has 0 aliphatic carbocycles. The Morgan fingerprint density at radius 2 is 2.11 bits per heavy atom. The van der Waals surface area contributed by atoms with Gasteiger partial charge >= 0.3 is 0 Å². The minimum Gasteiger partial charge on any atom is -0.377 e. The zero-order valence-electron chi connectivity index (χ0n) is 10.8. The van der Waals surface area contributed by atoms with Crippen molar-refractivity contribution in [2.75, 3.05) is 44.4 Å². The first kappa shape index (κ1) is 12.6. The van der Waals surface area contributed by atoms with Crippen LogP contribution < -0.4 is 10.2 Å². The van der Waals surface area contributed by atoms with E-state index in [1.54, 1.807) is 4.90 Å². The molecule has 0 unspecified atom stereocenters. The van der Waals surface area contributed by atoms with E-state index in [4.69, 9.17) is 9.47 Å². The molecule has 3 rings (SSSR count). The van der Waals surface area contributed by atoms with E-state index < -0.39 is 5.60 Å². The SMILES string of the molecule is O=C1CO[C@]2(CNCCOC2)CN1c1ccccc1. The maximum Gasteiger partial charge on any atom is 0.253 e. The van der Waals surface area contributed by atoms with E-state index in [0.717, 1.165) is 12.2 Å². The number of carbonyl (C=O) groups excluding carboxylic acids is 1. The smallest absolute Gasteiger partial charge is 0.253 e. The van der Waals surface area contributed by atoms with Crippen LogP contribution in [0.2, 0.25) is 0 Å². The molecule has 2 heterocycles. The van der Waals surface area contributed by atoms with Crippen LogP contribution in [0, 0.1) is 0 Å². The van der Waals surface area contributed by atoms with E-state index in [0.29, 0.717) is 26.3 Å². The number of nitrogens with one attached hydrogen (secondary N) is 1. The summed E-state index contributed by atoms with van der Waals surface area (Å²) in [6, 6.07) is 9.71. The summed E-state index contributed by atoms with van der Waals surface area (Å²) in [6.45, 7) is 3.39. The summed E-state index contributed by atoms with van der Waals surface area (Å²) >= 11 is 0. The molecular formula is C14H18N2O3. The molecule has 0 bridgehead atoms. The first-order valence-corrected chi connectivity index (χ1v) is 6.57. The Kier molecular flexibility index (Phi) is 3.50. The van der Waals surface area contributed by atoms with Gasteiger partial charge in [-0.1, -0.05) is 18.2 Å². The molecule has 5 heteroatoms. The van der Waals surface area contributed by atoms with E-state index in [1.165, 1.54) is 0 Å². The number of morpholine rings is 1. The van der Waals surface area contributed by atoms with Gasteiger partial charge in [-0.2, -0.15) is 0 Å². The lowest BCUT2D eigenvalue weighted by Gasteiger charge is -2.41. The molecule has 102 valence electrons. The largest absolute Gasteiger partial charge is 0.377 e. The molecular weight excluding hydrogens is 244 g/mol. The fraction of sp³-hybridized carbons (Fsp3) is 0.500. The third-order valence-corrected chi connectivity index (χ3v) is 3.55. The van der Waals surface area contributed by atoms with Crippen molar-refractivity contribution >= 4 is 11.6 Å². The number of amides is 1. The van der Waals surface area contributed by atoms with Crippen molar-refractivity contribution in [2.24, 2.45) is 0 Å². The molecule has 2 aliphatic rings. The lowest BCUT2D eigenvalue weighted by atomic mass is 10.0. The van der Waals surface area contributed by atoms with Gasteiger partial charge < -0.3 is 19.7 Å². The van der Waals surface area contributed by atoms with Gasteiger partial charge in [0.25, 0.3) is 5.91 Å². The Morgan fingerprint density at radius 1 is 1.26 bits per heavy atom. The van der Waals surface area contributed by atoms with Crippen LogP contribution in [0.1, 0.15) is 0 Å². The molecule has 1 aromatic rings. The van der Waals surface area contributed by atoms with Gasteiger partial charge in [0.15, 0.2) is 0 Å². The van der Waals surface area contributed by atoms with Crippen LogP contribution in [-0.2, 0) is 14.3 Å². The van der Waals surface area contributed by atoms with Gasteiger partial charge in [-0.25, -0.2) is 0 Å². The highest BCUT2D eigenvalue weighted by Gasteiger charge is 2.41. The molecule has 1 N–H and O–H groups in total. The van der Waals surface area contributed by atoms with E-state index in [9.17, 15) is 4.79 Å². The predicted molar refractivity (Wildman–Crippen MR) is 71.2 cm³/mol. The maximum atomic E-state index is 12.0. The fourth-order valence-electron chi connectivity index (χ4n) is 2.52. The van der Waals surface area contributed by atoms with Crippen molar-refractivity contribution in [2.45, 2.75) is 5.60 Å². The molecule has 1 aromatic carbocycles. The summed E-state index contributed by atoms with van der Waals surface area (Å²) in [4.78, 5) is 13.8. The van der Waals surface area contributed by atoms with Crippen molar-refractivity contribution < 1.29 is 14.3 Å². The van der Waals surface area contributed by atoms with E-state index in [2.05, 4.69) is 5.32 Å². The van der Waals surface area contributed by atoms with Crippen molar-refractivity contribution in [3.05, 3.63) is 30.3 Å². The van der Waals surface area contributed by atoms with Crippen LogP contribution in [0.25, 0.3) is 0 Å². The van der Waals surface area contributed by atoms with E-state index >= 15 is 0 Å². The van der Waals surface area contributed by atoms with Gasteiger partial charge in [0.1, 0.15) is 12.2 Å². The van der Waals surface area contributed by atoms with Gasteiger partial charge in [-0.05, 0) is 12.1 Å². The third-order valence-electron chi connectivity index (χ3n) is 3.55. The van der Waals surface area contributed by atoms with E-state index in [1.807, 2.05) is 30.3 Å². The van der Waals surface area contributed by atoms with Crippen LogP contribution in [-0.4, -0.2) is 51.0 Å². The Morgan fingerprint density at radius 3 is 2.95 bits per heavy atom. The van der Waals surface area contributed by atoms with Crippen LogP contribution >= 0.6 is 0 Å². The number of benzene rings is 1. The maximum absolute atomic E-state index is 12.0. The highest BCUT2D eigenvalue weighted by atomic mass is 16.5. The van der Waals surface area contributed by atoms with E-state index in [-0.39, 0.29) is 12.5 Å². The van der Waals surface area contributed by atoms with Gasteiger partial charge in [0, 0.05) is 18.8 Å². The standard InChI is InChI=1S/C14H18N2O3/c17-13-8-19-14(9-15-6-7-18-11-14)10-16(13)12-4-2-1-3-5-12/h1-5,15H,6-11H2/t14-/m1/s1. The summed E-state index contributed by atoms with van der Waals surface area (Å²) in [5.41, 5.74) is 0.486. The van der Waals surface area contributed by atoms with Crippen LogP contribution in [0.3, 0.4) is 0 Å². The molecule has 1 amide bonds. The minimum atomic E-state index is -0.430. The second-order valence-electron chi connectivity index (χ2n) is 5.02. The summed E-state index contributed by atoms with van der Waals surface area (Å²) in [5, 5.41) is 3.31. The zero-order valence-corrected chi connectivity index (χ0v) is 10.8. The quantitative estimate of drug-likeness (QED) is 0.796. The first-order chi connectivity index (χ1) is 9.29. The molecule has 2 aliphatic heterocycles. The Hall–Kier alpha value is -1.43. The second-order valence-corrected chi connectivity index (χ2v) is 5.02. The average molecular weight is 262 g/mol. The Bertz CT molecular complexity index is 441. The number of nitrogens with zero attached hydrogens (tertiary/aromatic N) is 1. The highest BCUT2D eigenvalue weighted by Crippen LogP contribution is 2.25. The highest BCUT2D eigenvalue weighted by molar-refractivity contribution is 5.95. The van der Waals surface area contributed by atoms with Crippen molar-refractivity contribution in [1.29, 1.82) is 0 Å². The zero-order chi connectivity index (χ0) is 13.1. The molecule has 5 nitrogen and oxygen atoms in total. The van der Waals surface area contributed by atoms with Crippen LogP contribution in [0.4, 0.5) is 5.69 Å². The topological polar surface area (TPSA) is 50.8 Å². The van der Waals surface area contributed by atoms with Gasteiger partial charge in [-0.3, -0.25) is 4.79 Å². The second kappa shape index (κ2) is 5.28. The molecule has 1 atom stereocenters. The molecule has 0 saturated carbocycles. The summed E-state index contributed by atoms with van der Waals surface area (Å²) in [7, 11) is 0. The molecule has 2 saturated heterocycles. The molecule has 19 heavy (non-hydrogen) atoms. The van der Waals surface area contributed by atoms with Crippen LogP contribution in [0.15, 0.2) is 30.3 Å². The summed E-state index contributed by atoms with van der Waals surface area (Å²) in [6.07, 6.45) is 0. The van der Waals surface area contributed by atoms with Crippen molar-refractivity contribution in [3.63, 3.8) is 0 Å². The lowest BCUT2D eigenvalue weighted by molar-refractivity contribution is -0.144.